The number of carbonyl (C=O) groups excluding carboxylic acids is 1. The first-order valence-corrected chi connectivity index (χ1v) is 8.49. The van der Waals surface area contributed by atoms with Gasteiger partial charge in [-0.05, 0) is 50.2 Å². The molecule has 1 unspecified atom stereocenters. The van der Waals surface area contributed by atoms with E-state index < -0.39 is 11.8 Å². The predicted octanol–water partition coefficient (Wildman–Crippen LogP) is 5.52. The second-order valence-corrected chi connectivity index (χ2v) is 9.48. The Bertz CT molecular complexity index is 645. The zero-order chi connectivity index (χ0) is 18.5. The molecular formula is C20H30O4. The van der Waals surface area contributed by atoms with Crippen molar-refractivity contribution in [3.8, 4) is 11.5 Å². The van der Waals surface area contributed by atoms with Crippen LogP contribution >= 0.6 is 0 Å². The van der Waals surface area contributed by atoms with Crippen LogP contribution in [0.3, 0.4) is 0 Å². The summed E-state index contributed by atoms with van der Waals surface area (Å²) in [4.78, 5) is 12.0. The molecule has 4 nitrogen and oxygen atoms in total. The molecule has 0 aromatic heterocycles. The number of ether oxygens (including phenoxy) is 2. The standard InChI is InChI=1S/C20H30O4/c1-18(2,3)11-13-12-9-10-14(21)16(15(12)20(13,7)8)23-17(22)24-19(4,5)6/h9-10,13,21H,11H2,1-8H3. The van der Waals surface area contributed by atoms with Gasteiger partial charge in [-0.2, -0.15) is 0 Å². The minimum atomic E-state index is -0.790. The molecule has 4 heteroatoms. The summed E-state index contributed by atoms with van der Waals surface area (Å²) in [7, 11) is 0. The molecule has 1 aromatic rings. The van der Waals surface area contributed by atoms with Crippen LogP contribution in [0.15, 0.2) is 12.1 Å². The van der Waals surface area contributed by atoms with E-state index in [1.165, 1.54) is 0 Å². The highest BCUT2D eigenvalue weighted by molar-refractivity contribution is 5.70. The molecule has 0 heterocycles. The number of rotatable bonds is 2. The van der Waals surface area contributed by atoms with Crippen molar-refractivity contribution in [2.45, 2.75) is 78.7 Å². The molecule has 0 fully saturated rings. The van der Waals surface area contributed by atoms with Crippen molar-refractivity contribution < 1.29 is 19.4 Å². The fraction of sp³-hybridized carbons (Fsp3) is 0.650. The van der Waals surface area contributed by atoms with Gasteiger partial charge in [0.25, 0.3) is 0 Å². The van der Waals surface area contributed by atoms with Crippen LogP contribution in [0.2, 0.25) is 0 Å². The summed E-state index contributed by atoms with van der Waals surface area (Å²) < 4.78 is 10.6. The number of hydrogen-bond donors (Lipinski definition) is 1. The van der Waals surface area contributed by atoms with E-state index >= 15 is 0 Å². The SMILES string of the molecule is CC(C)(C)CC1c2ccc(O)c(OC(=O)OC(C)(C)C)c2C1(C)C. The molecule has 24 heavy (non-hydrogen) atoms. The van der Waals surface area contributed by atoms with Crippen LogP contribution in [-0.4, -0.2) is 16.9 Å². The molecule has 1 aliphatic carbocycles. The molecule has 0 amide bonds. The first-order chi connectivity index (χ1) is 10.7. The third kappa shape index (κ3) is 3.68. The molecular weight excluding hydrogens is 304 g/mol. The van der Waals surface area contributed by atoms with Gasteiger partial charge in [0.1, 0.15) is 5.60 Å². The molecule has 1 aromatic carbocycles. The summed E-state index contributed by atoms with van der Waals surface area (Å²) in [5.74, 6) is 0.577. The lowest BCUT2D eigenvalue weighted by atomic mass is 9.54. The Hall–Kier alpha value is -1.71. The predicted molar refractivity (Wildman–Crippen MR) is 94.8 cm³/mol. The maximum atomic E-state index is 12.0. The Morgan fingerprint density at radius 2 is 1.75 bits per heavy atom. The molecule has 0 saturated carbocycles. The van der Waals surface area contributed by atoms with Crippen LogP contribution in [-0.2, 0) is 10.2 Å². The van der Waals surface area contributed by atoms with Gasteiger partial charge in [-0.1, -0.05) is 40.7 Å². The zero-order valence-corrected chi connectivity index (χ0v) is 16.1. The molecule has 0 aliphatic heterocycles. The highest BCUT2D eigenvalue weighted by Crippen LogP contribution is 2.60. The van der Waals surface area contributed by atoms with E-state index in [4.69, 9.17) is 9.47 Å². The van der Waals surface area contributed by atoms with E-state index in [1.54, 1.807) is 26.8 Å². The number of carbonyl (C=O) groups is 1. The van der Waals surface area contributed by atoms with Crippen molar-refractivity contribution in [1.29, 1.82) is 0 Å². The highest BCUT2D eigenvalue weighted by Gasteiger charge is 2.49. The third-order valence-corrected chi connectivity index (χ3v) is 4.45. The van der Waals surface area contributed by atoms with Crippen molar-refractivity contribution in [1.82, 2.24) is 0 Å². The summed E-state index contributed by atoms with van der Waals surface area (Å²) >= 11 is 0. The van der Waals surface area contributed by atoms with Crippen molar-refractivity contribution in [3.05, 3.63) is 23.3 Å². The van der Waals surface area contributed by atoms with Crippen molar-refractivity contribution >= 4 is 6.16 Å². The number of fused-ring (bicyclic) bond motifs is 1. The molecule has 1 atom stereocenters. The van der Waals surface area contributed by atoms with Gasteiger partial charge < -0.3 is 14.6 Å². The Morgan fingerprint density at radius 3 is 2.25 bits per heavy atom. The molecule has 0 bridgehead atoms. The Balaban J connectivity index is 2.35. The van der Waals surface area contributed by atoms with Crippen LogP contribution in [0.1, 0.15) is 78.9 Å². The lowest BCUT2D eigenvalue weighted by Gasteiger charge is -2.49. The minimum absolute atomic E-state index is 0.0260. The molecule has 0 spiro atoms. The molecule has 134 valence electrons. The van der Waals surface area contributed by atoms with Gasteiger partial charge in [0, 0.05) is 11.0 Å². The van der Waals surface area contributed by atoms with E-state index in [2.05, 4.69) is 34.6 Å². The summed E-state index contributed by atoms with van der Waals surface area (Å²) in [6.45, 7) is 16.3. The van der Waals surface area contributed by atoms with Gasteiger partial charge in [-0.15, -0.1) is 0 Å². The maximum absolute atomic E-state index is 12.0. The third-order valence-electron chi connectivity index (χ3n) is 4.45. The van der Waals surface area contributed by atoms with Crippen LogP contribution in [0.25, 0.3) is 0 Å². The smallest absolute Gasteiger partial charge is 0.504 e. The van der Waals surface area contributed by atoms with E-state index in [9.17, 15) is 9.90 Å². The summed E-state index contributed by atoms with van der Waals surface area (Å²) in [6, 6.07) is 3.54. The van der Waals surface area contributed by atoms with E-state index in [1.807, 2.05) is 6.07 Å². The largest absolute Gasteiger partial charge is 0.514 e. The number of hydrogen-bond acceptors (Lipinski definition) is 4. The molecule has 1 aliphatic rings. The monoisotopic (exact) mass is 334 g/mol. The lowest BCUT2D eigenvalue weighted by Crippen LogP contribution is -2.41. The second-order valence-electron chi connectivity index (χ2n) is 9.48. The quantitative estimate of drug-likeness (QED) is 0.572. The van der Waals surface area contributed by atoms with Gasteiger partial charge in [0.15, 0.2) is 11.5 Å². The summed E-state index contributed by atoms with van der Waals surface area (Å²) in [5, 5.41) is 10.2. The molecule has 2 rings (SSSR count). The van der Waals surface area contributed by atoms with E-state index in [0.29, 0.717) is 5.92 Å². The van der Waals surface area contributed by atoms with Gasteiger partial charge in [0.05, 0.1) is 0 Å². The Labute approximate surface area is 145 Å². The first-order valence-electron chi connectivity index (χ1n) is 8.49. The van der Waals surface area contributed by atoms with Crippen LogP contribution < -0.4 is 4.74 Å². The number of aromatic hydroxyl groups is 1. The molecule has 1 N–H and O–H groups in total. The average Bonchev–Trinajstić information content (AvgIpc) is 2.35. The van der Waals surface area contributed by atoms with Crippen molar-refractivity contribution in [2.24, 2.45) is 5.41 Å². The fourth-order valence-electron chi connectivity index (χ4n) is 3.46. The second kappa shape index (κ2) is 5.68. The Morgan fingerprint density at radius 1 is 1.17 bits per heavy atom. The first kappa shape index (κ1) is 18.6. The normalized spacial score (nSPS) is 19.2. The van der Waals surface area contributed by atoms with E-state index in [0.717, 1.165) is 17.5 Å². The lowest BCUT2D eigenvalue weighted by molar-refractivity contribution is 0.0192. The van der Waals surface area contributed by atoms with E-state index in [-0.39, 0.29) is 22.3 Å². The topological polar surface area (TPSA) is 55.8 Å². The van der Waals surface area contributed by atoms with Gasteiger partial charge >= 0.3 is 6.16 Å². The molecule has 0 saturated heterocycles. The summed E-state index contributed by atoms with van der Waals surface area (Å²) in [6.07, 6.45) is 0.241. The van der Waals surface area contributed by atoms with Gasteiger partial charge in [0.2, 0.25) is 0 Å². The van der Waals surface area contributed by atoms with Crippen LogP contribution in [0.4, 0.5) is 4.79 Å². The summed E-state index contributed by atoms with van der Waals surface area (Å²) in [5.41, 5.74) is 1.44. The number of phenols is 1. The molecule has 0 radical (unpaired) electrons. The maximum Gasteiger partial charge on any atom is 0.514 e. The van der Waals surface area contributed by atoms with Gasteiger partial charge in [-0.25, -0.2) is 4.79 Å². The van der Waals surface area contributed by atoms with Crippen molar-refractivity contribution in [2.75, 3.05) is 0 Å². The number of benzene rings is 1. The van der Waals surface area contributed by atoms with Gasteiger partial charge in [-0.3, -0.25) is 0 Å². The van der Waals surface area contributed by atoms with Crippen molar-refractivity contribution in [3.63, 3.8) is 0 Å². The number of phenolic OH excluding ortho intramolecular Hbond substituents is 1. The average molecular weight is 334 g/mol. The van der Waals surface area contributed by atoms with Crippen LogP contribution in [0.5, 0.6) is 11.5 Å². The highest BCUT2D eigenvalue weighted by atomic mass is 16.7. The fourth-order valence-corrected chi connectivity index (χ4v) is 3.46. The zero-order valence-electron chi connectivity index (χ0n) is 16.1. The van der Waals surface area contributed by atoms with Crippen LogP contribution in [0, 0.1) is 5.41 Å². The minimum Gasteiger partial charge on any atom is -0.504 e. The Kier molecular flexibility index (Phi) is 4.41.